The molecule has 2 amide bonds. The zero-order valence-corrected chi connectivity index (χ0v) is 19.4. The number of sulfonamides is 1. The number of rotatable bonds is 4. The summed E-state index contributed by atoms with van der Waals surface area (Å²) in [5, 5.41) is 6.72. The Hall–Kier alpha value is -1.35. The molecule has 2 aliphatic carbocycles. The summed E-state index contributed by atoms with van der Waals surface area (Å²) >= 11 is 0. The minimum atomic E-state index is -4.01. The van der Waals surface area contributed by atoms with Crippen LogP contribution in [0.25, 0.3) is 0 Å². The van der Waals surface area contributed by atoms with Crippen LogP contribution in [0, 0.1) is 0 Å². The molecule has 145 valence electrons. The van der Waals surface area contributed by atoms with Crippen LogP contribution in [-0.4, -0.2) is 53.8 Å². The molecule has 28 heavy (non-hydrogen) atoms. The number of anilines is 1. The third kappa shape index (κ3) is 4.01. The van der Waals surface area contributed by atoms with Gasteiger partial charge in [-0.3, -0.25) is 4.68 Å². The monoisotopic (exact) mass is 411 g/mol. The second-order valence-corrected chi connectivity index (χ2v) is 9.15. The van der Waals surface area contributed by atoms with Gasteiger partial charge in [-0.2, -0.15) is 13.5 Å². The summed E-state index contributed by atoms with van der Waals surface area (Å²) in [6.07, 6.45) is 7.61. The zero-order chi connectivity index (χ0) is 19.2. The fraction of sp³-hybridized carbons (Fsp3) is 0.474. The second kappa shape index (κ2) is 8.18. The van der Waals surface area contributed by atoms with Gasteiger partial charge in [-0.25, -0.2) is 9.52 Å². The number of hydrogen-bond donors (Lipinski definition) is 2. The van der Waals surface area contributed by atoms with E-state index >= 15 is 0 Å². The van der Waals surface area contributed by atoms with Gasteiger partial charge in [-0.15, -0.1) is 0 Å². The normalized spacial score (nSPS) is 15.1. The van der Waals surface area contributed by atoms with Crippen LogP contribution in [0.3, 0.4) is 0 Å². The molecule has 2 aliphatic rings. The van der Waals surface area contributed by atoms with Crippen molar-refractivity contribution in [2.75, 3.05) is 5.32 Å². The molecule has 0 bridgehead atoms. The number of aromatic nitrogens is 2. The largest absolute Gasteiger partial charge is 0.333 e. The maximum Gasteiger partial charge on any atom is 0.333 e. The van der Waals surface area contributed by atoms with E-state index in [2.05, 4.69) is 21.2 Å². The molecule has 4 rings (SSSR count). The van der Waals surface area contributed by atoms with Gasteiger partial charge in [0.05, 0.1) is 0 Å². The van der Waals surface area contributed by atoms with Crippen molar-refractivity contribution in [1.29, 1.82) is 0 Å². The average Bonchev–Trinajstić information content (AvgIpc) is 3.34. The number of amides is 2. The summed E-state index contributed by atoms with van der Waals surface area (Å²) in [6.45, 7) is 3.81. The van der Waals surface area contributed by atoms with E-state index in [0.717, 1.165) is 55.3 Å². The van der Waals surface area contributed by atoms with E-state index in [1.54, 1.807) is 10.9 Å². The number of nitrogens with one attached hydrogen (secondary N) is 2. The summed E-state index contributed by atoms with van der Waals surface area (Å²) < 4.78 is 28.6. The Kier molecular flexibility index (Phi) is 6.24. The Labute approximate surface area is 187 Å². The zero-order valence-electron chi connectivity index (χ0n) is 16.6. The predicted molar refractivity (Wildman–Crippen MR) is 108 cm³/mol. The average molecular weight is 411 g/mol. The van der Waals surface area contributed by atoms with Crippen molar-refractivity contribution in [3.8, 4) is 0 Å². The molecule has 1 radical (unpaired) electrons. The first kappa shape index (κ1) is 21.4. The van der Waals surface area contributed by atoms with Crippen LogP contribution in [-0.2, 0) is 35.7 Å². The molecule has 0 unspecified atom stereocenters. The van der Waals surface area contributed by atoms with Crippen molar-refractivity contribution in [2.45, 2.75) is 63.4 Å². The van der Waals surface area contributed by atoms with E-state index in [-0.39, 0.29) is 40.6 Å². The molecule has 0 aliphatic heterocycles. The molecule has 0 spiro atoms. The molecule has 2 N–H and O–H groups in total. The van der Waals surface area contributed by atoms with E-state index < -0.39 is 16.1 Å². The first-order chi connectivity index (χ1) is 12.8. The smallest absolute Gasteiger partial charge is 0.307 e. The maximum absolute atomic E-state index is 12.5. The first-order valence-corrected chi connectivity index (χ1v) is 10.9. The number of carbonyl (C=O) groups excluding carboxylic acids is 1. The van der Waals surface area contributed by atoms with Gasteiger partial charge in [0.15, 0.2) is 5.03 Å². The van der Waals surface area contributed by atoms with Crippen LogP contribution < -0.4 is 10.0 Å². The van der Waals surface area contributed by atoms with Crippen molar-refractivity contribution in [3.05, 3.63) is 40.6 Å². The number of aryl methyl sites for hydroxylation is 2. The van der Waals surface area contributed by atoms with E-state index in [4.69, 9.17) is 0 Å². The Bertz CT molecular complexity index is 982. The van der Waals surface area contributed by atoms with E-state index in [1.165, 1.54) is 17.2 Å². The minimum absolute atomic E-state index is 0. The third-order valence-corrected chi connectivity index (χ3v) is 6.55. The summed E-state index contributed by atoms with van der Waals surface area (Å²) in [5.41, 5.74) is 5.70. The molecule has 0 saturated carbocycles. The number of hydrogen-bond acceptors (Lipinski definition) is 4. The van der Waals surface area contributed by atoms with Crippen LogP contribution in [0.2, 0.25) is 0 Å². The molecule has 7 nitrogen and oxygen atoms in total. The van der Waals surface area contributed by atoms with Crippen LogP contribution in [0.1, 0.15) is 55.0 Å². The Morgan fingerprint density at radius 2 is 1.71 bits per heavy atom. The van der Waals surface area contributed by atoms with Crippen LogP contribution in [0.4, 0.5) is 10.5 Å². The van der Waals surface area contributed by atoms with Gasteiger partial charge in [-0.1, -0.05) is 6.07 Å². The van der Waals surface area contributed by atoms with Gasteiger partial charge in [0.25, 0.3) is 10.0 Å². The predicted octanol–water partition coefficient (Wildman–Crippen LogP) is 2.57. The molecular formula is C19H24N4NaO3S. The SMILES string of the molecule is CC(C)n1ccc(S(=O)(=O)NC(=O)Nc2c3c(cc4c2CCC4)CCC3)n1.[Na]. The van der Waals surface area contributed by atoms with Crippen LogP contribution >= 0.6 is 0 Å². The topological polar surface area (TPSA) is 93.1 Å². The molecule has 0 saturated heterocycles. The Balaban J connectivity index is 0.00000225. The number of benzene rings is 1. The van der Waals surface area contributed by atoms with Gasteiger partial charge in [0, 0.05) is 47.5 Å². The quantitative estimate of drug-likeness (QED) is 0.757. The Morgan fingerprint density at radius 3 is 2.25 bits per heavy atom. The van der Waals surface area contributed by atoms with E-state index in [1.807, 2.05) is 13.8 Å². The fourth-order valence-electron chi connectivity index (χ4n) is 4.03. The molecule has 2 aromatic rings. The third-order valence-electron chi connectivity index (χ3n) is 5.33. The van der Waals surface area contributed by atoms with Gasteiger partial charge in [0.1, 0.15) is 0 Å². The van der Waals surface area contributed by atoms with E-state index in [9.17, 15) is 13.2 Å². The van der Waals surface area contributed by atoms with Crippen LogP contribution in [0.15, 0.2) is 23.4 Å². The van der Waals surface area contributed by atoms with E-state index in [0.29, 0.717) is 0 Å². The van der Waals surface area contributed by atoms with Gasteiger partial charge in [0.2, 0.25) is 0 Å². The first-order valence-electron chi connectivity index (χ1n) is 9.40. The molecule has 1 aromatic carbocycles. The minimum Gasteiger partial charge on any atom is -0.307 e. The maximum atomic E-state index is 12.5. The van der Waals surface area contributed by atoms with Crippen LogP contribution in [0.5, 0.6) is 0 Å². The summed E-state index contributed by atoms with van der Waals surface area (Å²) in [4.78, 5) is 12.5. The fourth-order valence-corrected chi connectivity index (χ4v) is 4.87. The van der Waals surface area contributed by atoms with Crippen molar-refractivity contribution in [2.24, 2.45) is 0 Å². The standard InChI is InChI=1S/C19H24N4O3S.Na/c1-12(2)23-10-9-17(21-23)27(25,26)22-19(24)20-18-15-7-3-5-13(15)11-14-6-4-8-16(14)18;/h9-12H,3-8H2,1-2H3,(H2,20,22,24);. The molecule has 0 fully saturated rings. The molecule has 0 atom stereocenters. The van der Waals surface area contributed by atoms with Crippen molar-refractivity contribution in [3.63, 3.8) is 0 Å². The van der Waals surface area contributed by atoms with Gasteiger partial charge < -0.3 is 5.32 Å². The van der Waals surface area contributed by atoms with Crippen molar-refractivity contribution >= 4 is 51.3 Å². The molecule has 1 aromatic heterocycles. The van der Waals surface area contributed by atoms with Crippen molar-refractivity contribution in [1.82, 2.24) is 14.5 Å². The summed E-state index contributed by atoms with van der Waals surface area (Å²) in [5.74, 6) is 0. The Morgan fingerprint density at radius 1 is 1.11 bits per heavy atom. The molecular weight excluding hydrogens is 387 g/mol. The number of fused-ring (bicyclic) bond motifs is 2. The summed E-state index contributed by atoms with van der Waals surface area (Å²) in [7, 11) is -4.01. The number of carbonyl (C=O) groups is 1. The van der Waals surface area contributed by atoms with Gasteiger partial charge in [-0.05, 0) is 80.7 Å². The number of urea groups is 1. The van der Waals surface area contributed by atoms with Gasteiger partial charge >= 0.3 is 6.03 Å². The second-order valence-electron chi connectivity index (χ2n) is 7.52. The molecule has 9 heteroatoms. The van der Waals surface area contributed by atoms with Crippen molar-refractivity contribution < 1.29 is 13.2 Å². The number of nitrogens with zero attached hydrogens (tertiary/aromatic N) is 2. The summed E-state index contributed by atoms with van der Waals surface area (Å²) in [6, 6.07) is 2.97. The molecule has 1 heterocycles.